The summed E-state index contributed by atoms with van der Waals surface area (Å²) in [6.07, 6.45) is 2.68. The molecule has 1 unspecified atom stereocenters. The molecule has 0 bridgehead atoms. The number of hydrogen-bond acceptors (Lipinski definition) is 1. The van der Waals surface area contributed by atoms with Gasteiger partial charge >= 0.3 is 0 Å². The van der Waals surface area contributed by atoms with Gasteiger partial charge in [-0.05, 0) is 24.3 Å². The van der Waals surface area contributed by atoms with Crippen molar-refractivity contribution in [2.45, 2.75) is 45.6 Å². The summed E-state index contributed by atoms with van der Waals surface area (Å²) in [6, 6.07) is 10.5. The smallest absolute Gasteiger partial charge is 0.223 e. The second-order valence-corrected chi connectivity index (χ2v) is 5.45. The van der Waals surface area contributed by atoms with Gasteiger partial charge in [-0.15, -0.1) is 0 Å². The summed E-state index contributed by atoms with van der Waals surface area (Å²) in [4.78, 5) is 14.3. The van der Waals surface area contributed by atoms with Crippen LogP contribution in [0.15, 0.2) is 30.3 Å². The predicted octanol–water partition coefficient (Wildman–Crippen LogP) is 3.57. The Kier molecular flexibility index (Phi) is 3.74. The van der Waals surface area contributed by atoms with E-state index >= 15 is 0 Å². The fourth-order valence-corrected chi connectivity index (χ4v) is 3.40. The van der Waals surface area contributed by atoms with E-state index in [1.54, 1.807) is 0 Å². The Morgan fingerprint density at radius 3 is 2.39 bits per heavy atom. The molecule has 1 aliphatic rings. The molecule has 1 saturated heterocycles. The van der Waals surface area contributed by atoms with Crippen LogP contribution < -0.4 is 0 Å². The zero-order valence-corrected chi connectivity index (χ0v) is 11.6. The molecule has 2 heteroatoms. The number of carbonyl (C=O) groups is 1. The molecular formula is C16H23NO. The van der Waals surface area contributed by atoms with Crippen molar-refractivity contribution in [1.29, 1.82) is 0 Å². The molecule has 0 aliphatic carbocycles. The van der Waals surface area contributed by atoms with E-state index in [1.165, 1.54) is 5.56 Å². The molecule has 0 spiro atoms. The molecule has 98 valence electrons. The number of benzene rings is 1. The minimum Gasteiger partial charge on any atom is -0.333 e. The van der Waals surface area contributed by atoms with Gasteiger partial charge in [0.25, 0.3) is 0 Å². The van der Waals surface area contributed by atoms with Crippen molar-refractivity contribution < 1.29 is 4.79 Å². The Morgan fingerprint density at radius 2 is 1.94 bits per heavy atom. The fourth-order valence-electron chi connectivity index (χ4n) is 3.40. The lowest BCUT2D eigenvalue weighted by atomic mass is 9.76. The third-order valence-corrected chi connectivity index (χ3v) is 4.32. The maximum atomic E-state index is 12.2. The molecule has 0 aromatic heterocycles. The summed E-state index contributed by atoms with van der Waals surface area (Å²) in [5, 5.41) is 0. The van der Waals surface area contributed by atoms with E-state index in [2.05, 4.69) is 49.9 Å². The Hall–Kier alpha value is -1.31. The number of amides is 1. The van der Waals surface area contributed by atoms with E-state index in [4.69, 9.17) is 0 Å². The Bertz CT molecular complexity index is 412. The lowest BCUT2D eigenvalue weighted by Crippen LogP contribution is -2.50. The van der Waals surface area contributed by atoms with Gasteiger partial charge in [-0.1, -0.05) is 51.1 Å². The first-order chi connectivity index (χ1) is 8.63. The molecule has 1 aliphatic heterocycles. The van der Waals surface area contributed by atoms with Gasteiger partial charge < -0.3 is 4.90 Å². The average molecular weight is 245 g/mol. The highest BCUT2D eigenvalue weighted by Crippen LogP contribution is 2.41. The van der Waals surface area contributed by atoms with Crippen LogP contribution in [0.1, 0.15) is 45.6 Å². The first-order valence-electron chi connectivity index (χ1n) is 6.99. The van der Waals surface area contributed by atoms with E-state index in [0.717, 1.165) is 19.4 Å². The molecule has 1 fully saturated rings. The van der Waals surface area contributed by atoms with Crippen LogP contribution in [0.2, 0.25) is 0 Å². The maximum absolute atomic E-state index is 12.2. The standard InChI is InChI=1S/C16H23NO/c1-4-16(13(2)3,14-9-6-5-7-10-14)17-12-8-11-15(17)18/h5-7,9-10,13H,4,8,11-12H2,1-3H3. The van der Waals surface area contributed by atoms with Crippen LogP contribution in [-0.4, -0.2) is 17.4 Å². The largest absolute Gasteiger partial charge is 0.333 e. The van der Waals surface area contributed by atoms with Crippen LogP contribution in [-0.2, 0) is 10.3 Å². The lowest BCUT2D eigenvalue weighted by molar-refractivity contribution is -0.136. The first kappa shape index (κ1) is 13.1. The van der Waals surface area contributed by atoms with E-state index in [0.29, 0.717) is 18.2 Å². The number of carbonyl (C=O) groups excluding carboxylic acids is 1. The molecule has 1 atom stereocenters. The first-order valence-corrected chi connectivity index (χ1v) is 6.99. The third-order valence-electron chi connectivity index (χ3n) is 4.32. The van der Waals surface area contributed by atoms with Gasteiger partial charge in [0.15, 0.2) is 0 Å². The molecule has 1 heterocycles. The Morgan fingerprint density at radius 1 is 1.28 bits per heavy atom. The van der Waals surface area contributed by atoms with Crippen molar-refractivity contribution in [3.8, 4) is 0 Å². The second-order valence-electron chi connectivity index (χ2n) is 5.45. The molecule has 1 aromatic rings. The van der Waals surface area contributed by atoms with Crippen molar-refractivity contribution in [1.82, 2.24) is 4.90 Å². The highest BCUT2D eigenvalue weighted by Gasteiger charge is 2.43. The van der Waals surface area contributed by atoms with Gasteiger partial charge in [0.1, 0.15) is 0 Å². The van der Waals surface area contributed by atoms with Gasteiger partial charge in [0.2, 0.25) is 5.91 Å². The number of nitrogens with zero attached hydrogens (tertiary/aromatic N) is 1. The number of hydrogen-bond donors (Lipinski definition) is 0. The van der Waals surface area contributed by atoms with Gasteiger partial charge in [-0.2, -0.15) is 0 Å². The van der Waals surface area contributed by atoms with E-state index < -0.39 is 0 Å². The minimum atomic E-state index is -0.130. The highest BCUT2D eigenvalue weighted by molar-refractivity contribution is 5.79. The zero-order chi connectivity index (χ0) is 13.2. The van der Waals surface area contributed by atoms with E-state index in [9.17, 15) is 4.79 Å². The Labute approximate surface area is 110 Å². The van der Waals surface area contributed by atoms with Crippen LogP contribution in [0.25, 0.3) is 0 Å². The Balaban J connectivity index is 2.49. The minimum absolute atomic E-state index is 0.130. The number of rotatable bonds is 4. The van der Waals surface area contributed by atoms with Crippen LogP contribution in [0, 0.1) is 5.92 Å². The quantitative estimate of drug-likeness (QED) is 0.794. The summed E-state index contributed by atoms with van der Waals surface area (Å²) in [5.74, 6) is 0.737. The second kappa shape index (κ2) is 5.13. The van der Waals surface area contributed by atoms with Crippen molar-refractivity contribution >= 4 is 5.91 Å². The summed E-state index contributed by atoms with van der Waals surface area (Å²) in [7, 11) is 0. The zero-order valence-electron chi connectivity index (χ0n) is 11.6. The van der Waals surface area contributed by atoms with Gasteiger partial charge in [-0.3, -0.25) is 4.79 Å². The molecule has 1 aromatic carbocycles. The summed E-state index contributed by atoms with van der Waals surface area (Å²) in [5.41, 5.74) is 1.15. The normalized spacial score (nSPS) is 19.3. The van der Waals surface area contributed by atoms with Crippen molar-refractivity contribution in [3.05, 3.63) is 35.9 Å². The summed E-state index contributed by atoms with van der Waals surface area (Å²) >= 11 is 0. The molecule has 2 rings (SSSR count). The molecule has 1 amide bonds. The highest BCUT2D eigenvalue weighted by atomic mass is 16.2. The summed E-state index contributed by atoms with van der Waals surface area (Å²) in [6.45, 7) is 7.54. The van der Waals surface area contributed by atoms with E-state index in [1.807, 2.05) is 6.07 Å². The molecule has 2 nitrogen and oxygen atoms in total. The van der Waals surface area contributed by atoms with Gasteiger partial charge in [-0.25, -0.2) is 0 Å². The van der Waals surface area contributed by atoms with Crippen LogP contribution in [0.5, 0.6) is 0 Å². The van der Waals surface area contributed by atoms with Crippen molar-refractivity contribution in [3.63, 3.8) is 0 Å². The van der Waals surface area contributed by atoms with Crippen molar-refractivity contribution in [2.75, 3.05) is 6.54 Å². The number of likely N-dealkylation sites (tertiary alicyclic amines) is 1. The van der Waals surface area contributed by atoms with Crippen LogP contribution in [0.3, 0.4) is 0 Å². The SMILES string of the molecule is CCC(c1ccccc1)(C(C)C)N1CCCC1=O. The molecule has 18 heavy (non-hydrogen) atoms. The van der Waals surface area contributed by atoms with Gasteiger partial charge in [0.05, 0.1) is 5.54 Å². The molecule has 0 saturated carbocycles. The lowest BCUT2D eigenvalue weighted by Gasteiger charge is -2.45. The maximum Gasteiger partial charge on any atom is 0.223 e. The molecule has 0 radical (unpaired) electrons. The predicted molar refractivity (Wildman–Crippen MR) is 74.2 cm³/mol. The summed E-state index contributed by atoms with van der Waals surface area (Å²) < 4.78 is 0. The third kappa shape index (κ3) is 1.94. The van der Waals surface area contributed by atoms with Crippen LogP contribution in [0.4, 0.5) is 0 Å². The monoisotopic (exact) mass is 245 g/mol. The molecular weight excluding hydrogens is 222 g/mol. The fraction of sp³-hybridized carbons (Fsp3) is 0.562. The van der Waals surface area contributed by atoms with E-state index in [-0.39, 0.29) is 5.54 Å². The average Bonchev–Trinajstić information content (AvgIpc) is 2.79. The van der Waals surface area contributed by atoms with Crippen LogP contribution >= 0.6 is 0 Å². The topological polar surface area (TPSA) is 20.3 Å². The van der Waals surface area contributed by atoms with Gasteiger partial charge in [0, 0.05) is 13.0 Å². The molecule has 0 N–H and O–H groups in total. The van der Waals surface area contributed by atoms with Crippen molar-refractivity contribution in [2.24, 2.45) is 5.92 Å².